The molecule has 3 unspecified atom stereocenters. The van der Waals surface area contributed by atoms with Crippen molar-refractivity contribution in [1.29, 1.82) is 0 Å². The first-order valence-corrected chi connectivity index (χ1v) is 8.66. The molecule has 0 bridgehead atoms. The standard InChI is InChI=1S/C19H29NO/c1-14-5-3-6-15(11-14)13-20-19-8-4-7-16-12-17(21-2)9-10-18(16)19/h9-10,12,14-15,19-20H,3-8,11,13H2,1-2H3. The van der Waals surface area contributed by atoms with Crippen LogP contribution in [-0.2, 0) is 6.42 Å². The number of methoxy groups -OCH3 is 1. The maximum absolute atomic E-state index is 5.36. The van der Waals surface area contributed by atoms with Gasteiger partial charge in [-0.3, -0.25) is 0 Å². The van der Waals surface area contributed by atoms with E-state index < -0.39 is 0 Å². The molecule has 0 aliphatic heterocycles. The first-order chi connectivity index (χ1) is 10.3. The van der Waals surface area contributed by atoms with Crippen molar-refractivity contribution >= 4 is 0 Å². The molecule has 0 heterocycles. The third-order valence-corrected chi connectivity index (χ3v) is 5.36. The number of fused-ring (bicyclic) bond motifs is 1. The van der Waals surface area contributed by atoms with E-state index in [1.54, 1.807) is 7.11 Å². The number of rotatable bonds is 4. The molecule has 1 fully saturated rings. The molecule has 0 radical (unpaired) electrons. The van der Waals surface area contributed by atoms with Crippen LogP contribution in [-0.4, -0.2) is 13.7 Å². The SMILES string of the molecule is COc1ccc2c(c1)CCCC2NCC1CCCC(C)C1. The number of ether oxygens (including phenoxy) is 1. The van der Waals surface area contributed by atoms with Gasteiger partial charge >= 0.3 is 0 Å². The molecule has 0 aromatic heterocycles. The second-order valence-electron chi connectivity index (χ2n) is 7.06. The van der Waals surface area contributed by atoms with Gasteiger partial charge < -0.3 is 10.1 Å². The number of aryl methyl sites for hydroxylation is 1. The Balaban J connectivity index is 1.62. The van der Waals surface area contributed by atoms with E-state index in [0.29, 0.717) is 6.04 Å². The van der Waals surface area contributed by atoms with Gasteiger partial charge in [0.05, 0.1) is 7.11 Å². The highest BCUT2D eigenvalue weighted by molar-refractivity contribution is 5.39. The summed E-state index contributed by atoms with van der Waals surface area (Å²) in [7, 11) is 1.75. The Morgan fingerprint density at radius 1 is 1.19 bits per heavy atom. The topological polar surface area (TPSA) is 21.3 Å². The number of nitrogens with one attached hydrogen (secondary N) is 1. The fourth-order valence-electron chi connectivity index (χ4n) is 4.18. The van der Waals surface area contributed by atoms with E-state index in [1.165, 1.54) is 62.6 Å². The third-order valence-electron chi connectivity index (χ3n) is 5.36. The fourth-order valence-corrected chi connectivity index (χ4v) is 4.18. The van der Waals surface area contributed by atoms with Gasteiger partial charge in [-0.15, -0.1) is 0 Å². The van der Waals surface area contributed by atoms with Gasteiger partial charge in [-0.1, -0.05) is 25.8 Å². The van der Waals surface area contributed by atoms with Crippen molar-refractivity contribution in [2.45, 2.75) is 57.9 Å². The molecule has 2 heteroatoms. The van der Waals surface area contributed by atoms with Crippen LogP contribution in [0.1, 0.15) is 62.6 Å². The molecule has 1 aromatic carbocycles. The fraction of sp³-hybridized carbons (Fsp3) is 0.684. The monoisotopic (exact) mass is 287 g/mol. The van der Waals surface area contributed by atoms with Crippen LogP contribution in [0.4, 0.5) is 0 Å². The molecule has 2 nitrogen and oxygen atoms in total. The summed E-state index contributed by atoms with van der Waals surface area (Å²) in [6.07, 6.45) is 9.45. The molecule has 3 rings (SSSR count). The summed E-state index contributed by atoms with van der Waals surface area (Å²) in [6, 6.07) is 7.17. The normalized spacial score (nSPS) is 29.0. The summed E-state index contributed by atoms with van der Waals surface area (Å²) in [5.74, 6) is 2.81. The maximum Gasteiger partial charge on any atom is 0.119 e. The van der Waals surface area contributed by atoms with Crippen LogP contribution in [0, 0.1) is 11.8 Å². The summed E-state index contributed by atoms with van der Waals surface area (Å²) in [5, 5.41) is 3.86. The molecular weight excluding hydrogens is 258 g/mol. The molecule has 2 aliphatic carbocycles. The molecule has 2 aliphatic rings. The Hall–Kier alpha value is -1.02. The van der Waals surface area contributed by atoms with Gasteiger partial charge in [-0.2, -0.15) is 0 Å². The summed E-state index contributed by atoms with van der Waals surface area (Å²) in [6.45, 7) is 3.61. The molecule has 0 amide bonds. The molecule has 0 spiro atoms. The van der Waals surface area contributed by atoms with Gasteiger partial charge in [0.15, 0.2) is 0 Å². The Bertz CT molecular complexity index is 471. The molecule has 21 heavy (non-hydrogen) atoms. The van der Waals surface area contributed by atoms with Gasteiger partial charge in [0, 0.05) is 6.04 Å². The van der Waals surface area contributed by atoms with Crippen molar-refractivity contribution in [1.82, 2.24) is 5.32 Å². The summed E-state index contributed by atoms with van der Waals surface area (Å²) >= 11 is 0. The average molecular weight is 287 g/mol. The van der Waals surface area contributed by atoms with E-state index in [1.807, 2.05) is 0 Å². The van der Waals surface area contributed by atoms with Gasteiger partial charge in [-0.25, -0.2) is 0 Å². The first kappa shape index (κ1) is 14.9. The van der Waals surface area contributed by atoms with Crippen LogP contribution < -0.4 is 10.1 Å². The van der Waals surface area contributed by atoms with E-state index in [0.717, 1.165) is 17.6 Å². The van der Waals surface area contributed by atoms with Crippen molar-refractivity contribution in [3.63, 3.8) is 0 Å². The Labute approximate surface area is 129 Å². The Morgan fingerprint density at radius 2 is 2.10 bits per heavy atom. The predicted molar refractivity (Wildman–Crippen MR) is 87.8 cm³/mol. The highest BCUT2D eigenvalue weighted by Crippen LogP contribution is 2.33. The largest absolute Gasteiger partial charge is 0.497 e. The first-order valence-electron chi connectivity index (χ1n) is 8.66. The molecule has 1 aromatic rings. The van der Waals surface area contributed by atoms with E-state index >= 15 is 0 Å². The van der Waals surface area contributed by atoms with Crippen molar-refractivity contribution in [3.05, 3.63) is 29.3 Å². The van der Waals surface area contributed by atoms with Crippen LogP contribution in [0.2, 0.25) is 0 Å². The van der Waals surface area contributed by atoms with Gasteiger partial charge in [-0.05, 0) is 73.7 Å². The van der Waals surface area contributed by atoms with Crippen LogP contribution in [0.15, 0.2) is 18.2 Å². The lowest BCUT2D eigenvalue weighted by Crippen LogP contribution is -2.31. The van der Waals surface area contributed by atoms with Gasteiger partial charge in [0.25, 0.3) is 0 Å². The second-order valence-corrected chi connectivity index (χ2v) is 7.06. The van der Waals surface area contributed by atoms with E-state index in [2.05, 4.69) is 30.4 Å². The van der Waals surface area contributed by atoms with Crippen LogP contribution >= 0.6 is 0 Å². The van der Waals surface area contributed by atoms with Crippen molar-refractivity contribution in [3.8, 4) is 5.75 Å². The predicted octanol–water partition coefficient (Wildman–Crippen LogP) is 4.49. The highest BCUT2D eigenvalue weighted by atomic mass is 16.5. The molecule has 0 saturated heterocycles. The molecule has 1 N–H and O–H groups in total. The summed E-state index contributed by atoms with van der Waals surface area (Å²) in [4.78, 5) is 0. The van der Waals surface area contributed by atoms with Crippen molar-refractivity contribution in [2.24, 2.45) is 11.8 Å². The zero-order valence-electron chi connectivity index (χ0n) is 13.5. The molecule has 116 valence electrons. The minimum absolute atomic E-state index is 0.553. The molecule has 3 atom stereocenters. The highest BCUT2D eigenvalue weighted by Gasteiger charge is 2.23. The van der Waals surface area contributed by atoms with Crippen molar-refractivity contribution < 1.29 is 4.74 Å². The Morgan fingerprint density at radius 3 is 2.90 bits per heavy atom. The quantitative estimate of drug-likeness (QED) is 0.881. The Kier molecular flexibility index (Phi) is 4.84. The number of benzene rings is 1. The lowest BCUT2D eigenvalue weighted by molar-refractivity contribution is 0.263. The lowest BCUT2D eigenvalue weighted by atomic mass is 9.82. The van der Waals surface area contributed by atoms with E-state index in [9.17, 15) is 0 Å². The van der Waals surface area contributed by atoms with Crippen molar-refractivity contribution in [2.75, 3.05) is 13.7 Å². The van der Waals surface area contributed by atoms with E-state index in [4.69, 9.17) is 4.74 Å². The third kappa shape index (κ3) is 3.60. The number of hydrogen-bond acceptors (Lipinski definition) is 2. The summed E-state index contributed by atoms with van der Waals surface area (Å²) in [5.41, 5.74) is 2.99. The zero-order valence-corrected chi connectivity index (χ0v) is 13.5. The van der Waals surface area contributed by atoms with Crippen LogP contribution in [0.25, 0.3) is 0 Å². The smallest absolute Gasteiger partial charge is 0.119 e. The van der Waals surface area contributed by atoms with E-state index in [-0.39, 0.29) is 0 Å². The lowest BCUT2D eigenvalue weighted by Gasteiger charge is -2.31. The van der Waals surface area contributed by atoms with Crippen LogP contribution in [0.5, 0.6) is 5.75 Å². The number of hydrogen-bond donors (Lipinski definition) is 1. The summed E-state index contributed by atoms with van der Waals surface area (Å²) < 4.78 is 5.36. The minimum Gasteiger partial charge on any atom is -0.497 e. The van der Waals surface area contributed by atoms with Gasteiger partial charge in [0.2, 0.25) is 0 Å². The average Bonchev–Trinajstić information content (AvgIpc) is 2.52. The van der Waals surface area contributed by atoms with Crippen LogP contribution in [0.3, 0.4) is 0 Å². The molecular formula is C19H29NO. The molecule has 1 saturated carbocycles. The minimum atomic E-state index is 0.553. The van der Waals surface area contributed by atoms with Gasteiger partial charge in [0.1, 0.15) is 5.75 Å². The zero-order chi connectivity index (χ0) is 14.7. The maximum atomic E-state index is 5.36. The second kappa shape index (κ2) is 6.83.